The van der Waals surface area contributed by atoms with Crippen molar-refractivity contribution >= 4 is 11.6 Å². The predicted molar refractivity (Wildman–Crippen MR) is 57.9 cm³/mol. The highest BCUT2D eigenvalue weighted by Gasteiger charge is 2.27. The van der Waals surface area contributed by atoms with Crippen LogP contribution in [0.1, 0.15) is 6.42 Å². The Morgan fingerprint density at radius 1 is 1.53 bits per heavy atom. The number of nitrogens with zero attached hydrogens (tertiary/aromatic N) is 1. The molecule has 1 aliphatic heterocycles. The zero-order valence-corrected chi connectivity index (χ0v) is 8.64. The van der Waals surface area contributed by atoms with Crippen molar-refractivity contribution in [2.24, 2.45) is 5.73 Å². The second-order valence-electron chi connectivity index (χ2n) is 3.67. The molecule has 1 amide bonds. The molecule has 2 N–H and O–H groups in total. The van der Waals surface area contributed by atoms with E-state index in [0.29, 0.717) is 13.0 Å². The van der Waals surface area contributed by atoms with Crippen molar-refractivity contribution in [2.45, 2.75) is 12.5 Å². The quantitative estimate of drug-likeness (QED) is 0.777. The normalized spacial score (nSPS) is 20.8. The van der Waals surface area contributed by atoms with Crippen molar-refractivity contribution in [2.75, 3.05) is 18.6 Å². The Kier molecular flexibility index (Phi) is 2.60. The Hall–Kier alpha value is -1.55. The van der Waals surface area contributed by atoms with E-state index in [-0.39, 0.29) is 11.9 Å². The number of nitrogens with two attached hydrogens (primary N) is 1. The molecule has 1 unspecified atom stereocenters. The van der Waals surface area contributed by atoms with Gasteiger partial charge in [0.05, 0.1) is 7.11 Å². The van der Waals surface area contributed by atoms with E-state index in [1.165, 1.54) is 0 Å². The molecule has 1 heterocycles. The molecule has 1 atom stereocenters. The number of carbonyl (C=O) groups excluding carboxylic acids is 1. The largest absolute Gasteiger partial charge is 0.497 e. The van der Waals surface area contributed by atoms with Gasteiger partial charge in [0, 0.05) is 30.8 Å². The van der Waals surface area contributed by atoms with E-state index in [9.17, 15) is 4.79 Å². The third-order valence-electron chi connectivity index (χ3n) is 2.52. The Balaban J connectivity index is 2.25. The molecule has 2 rings (SSSR count). The number of hydrogen-bond donors (Lipinski definition) is 1. The van der Waals surface area contributed by atoms with Crippen LogP contribution in [0.2, 0.25) is 0 Å². The smallest absolute Gasteiger partial charge is 0.228 e. The lowest BCUT2D eigenvalue weighted by Crippen LogP contribution is -2.27. The zero-order chi connectivity index (χ0) is 10.8. The first-order valence-electron chi connectivity index (χ1n) is 4.90. The lowest BCUT2D eigenvalue weighted by Gasteiger charge is -2.16. The van der Waals surface area contributed by atoms with Crippen LogP contribution in [0.5, 0.6) is 5.75 Å². The Morgan fingerprint density at radius 2 is 2.33 bits per heavy atom. The first-order valence-corrected chi connectivity index (χ1v) is 4.90. The second kappa shape index (κ2) is 3.90. The number of rotatable bonds is 2. The Bertz CT molecular complexity index is 379. The van der Waals surface area contributed by atoms with Crippen molar-refractivity contribution in [3.8, 4) is 5.75 Å². The molecule has 1 fully saturated rings. The number of amides is 1. The molecule has 1 aliphatic rings. The fourth-order valence-corrected chi connectivity index (χ4v) is 1.76. The van der Waals surface area contributed by atoms with Gasteiger partial charge in [0.15, 0.2) is 0 Å². The second-order valence-corrected chi connectivity index (χ2v) is 3.67. The number of methoxy groups -OCH3 is 1. The van der Waals surface area contributed by atoms with Gasteiger partial charge in [-0.3, -0.25) is 4.79 Å². The molecule has 0 spiro atoms. The highest BCUT2D eigenvalue weighted by Crippen LogP contribution is 2.24. The number of anilines is 1. The minimum Gasteiger partial charge on any atom is -0.497 e. The molecule has 0 bridgehead atoms. The highest BCUT2D eigenvalue weighted by atomic mass is 16.5. The third-order valence-corrected chi connectivity index (χ3v) is 2.52. The fraction of sp³-hybridized carbons (Fsp3) is 0.364. The van der Waals surface area contributed by atoms with Gasteiger partial charge < -0.3 is 15.4 Å². The van der Waals surface area contributed by atoms with Gasteiger partial charge in [-0.25, -0.2) is 0 Å². The monoisotopic (exact) mass is 206 g/mol. The van der Waals surface area contributed by atoms with Crippen molar-refractivity contribution in [1.29, 1.82) is 0 Å². The van der Waals surface area contributed by atoms with Crippen molar-refractivity contribution in [3.05, 3.63) is 24.3 Å². The van der Waals surface area contributed by atoms with Gasteiger partial charge in [0.25, 0.3) is 0 Å². The molecular weight excluding hydrogens is 192 g/mol. The molecule has 4 heteroatoms. The van der Waals surface area contributed by atoms with Gasteiger partial charge in [-0.1, -0.05) is 6.07 Å². The molecule has 0 aromatic heterocycles. The van der Waals surface area contributed by atoms with E-state index in [2.05, 4.69) is 0 Å². The molecular formula is C11H14N2O2. The maximum atomic E-state index is 11.6. The first kappa shape index (κ1) is 9.98. The predicted octanol–water partition coefficient (Wildman–Crippen LogP) is 0.759. The third kappa shape index (κ3) is 1.94. The summed E-state index contributed by atoms with van der Waals surface area (Å²) >= 11 is 0. The van der Waals surface area contributed by atoms with Crippen molar-refractivity contribution in [3.63, 3.8) is 0 Å². The summed E-state index contributed by atoms with van der Waals surface area (Å²) in [6.07, 6.45) is 0.428. The maximum absolute atomic E-state index is 11.6. The number of ether oxygens (including phenoxy) is 1. The summed E-state index contributed by atoms with van der Waals surface area (Å²) in [6, 6.07) is 7.40. The molecule has 0 aliphatic carbocycles. The van der Waals surface area contributed by atoms with Crippen LogP contribution < -0.4 is 15.4 Å². The average Bonchev–Trinajstić information content (AvgIpc) is 2.58. The lowest BCUT2D eigenvalue weighted by atomic mass is 10.3. The molecule has 1 saturated heterocycles. The van der Waals surface area contributed by atoms with E-state index in [4.69, 9.17) is 10.5 Å². The van der Waals surface area contributed by atoms with Crippen LogP contribution in [0.25, 0.3) is 0 Å². The Morgan fingerprint density at radius 3 is 2.93 bits per heavy atom. The summed E-state index contributed by atoms with van der Waals surface area (Å²) in [5.41, 5.74) is 6.58. The SMILES string of the molecule is COc1cccc(N2CC(N)CC2=O)c1. The number of benzene rings is 1. The van der Waals surface area contributed by atoms with Gasteiger partial charge >= 0.3 is 0 Å². The molecule has 4 nitrogen and oxygen atoms in total. The topological polar surface area (TPSA) is 55.6 Å². The number of hydrogen-bond acceptors (Lipinski definition) is 3. The van der Waals surface area contributed by atoms with Crippen LogP contribution >= 0.6 is 0 Å². The molecule has 1 aromatic rings. The van der Waals surface area contributed by atoms with Crippen LogP contribution in [0, 0.1) is 0 Å². The minimum atomic E-state index is -0.0521. The summed E-state index contributed by atoms with van der Waals surface area (Å²) in [4.78, 5) is 13.3. The van der Waals surface area contributed by atoms with Gasteiger partial charge in [-0.15, -0.1) is 0 Å². The van der Waals surface area contributed by atoms with Gasteiger partial charge in [-0.05, 0) is 12.1 Å². The molecule has 0 radical (unpaired) electrons. The summed E-state index contributed by atoms with van der Waals surface area (Å²) in [7, 11) is 1.61. The van der Waals surface area contributed by atoms with E-state index >= 15 is 0 Å². The molecule has 80 valence electrons. The van der Waals surface area contributed by atoms with E-state index in [1.807, 2.05) is 24.3 Å². The van der Waals surface area contributed by atoms with Gasteiger partial charge in [0.1, 0.15) is 5.75 Å². The van der Waals surface area contributed by atoms with Gasteiger partial charge in [0.2, 0.25) is 5.91 Å². The van der Waals surface area contributed by atoms with E-state index in [0.717, 1.165) is 11.4 Å². The maximum Gasteiger partial charge on any atom is 0.228 e. The summed E-state index contributed by atoms with van der Waals surface area (Å²) in [5, 5.41) is 0. The molecule has 1 aromatic carbocycles. The summed E-state index contributed by atoms with van der Waals surface area (Å²) < 4.78 is 5.11. The summed E-state index contributed by atoms with van der Waals surface area (Å²) in [5.74, 6) is 0.830. The van der Waals surface area contributed by atoms with Crippen molar-refractivity contribution in [1.82, 2.24) is 0 Å². The molecule has 15 heavy (non-hydrogen) atoms. The summed E-state index contributed by atoms with van der Waals surface area (Å²) in [6.45, 7) is 0.589. The zero-order valence-electron chi connectivity index (χ0n) is 8.64. The van der Waals surface area contributed by atoms with E-state index < -0.39 is 0 Å². The highest BCUT2D eigenvalue weighted by molar-refractivity contribution is 5.96. The fourth-order valence-electron chi connectivity index (χ4n) is 1.76. The standard InChI is InChI=1S/C11H14N2O2/c1-15-10-4-2-3-9(6-10)13-7-8(12)5-11(13)14/h2-4,6,8H,5,7,12H2,1H3. The van der Waals surface area contributed by atoms with Crippen LogP contribution in [-0.2, 0) is 4.79 Å². The van der Waals surface area contributed by atoms with E-state index in [1.54, 1.807) is 12.0 Å². The first-order chi connectivity index (χ1) is 7.20. The van der Waals surface area contributed by atoms with Crippen LogP contribution in [-0.4, -0.2) is 25.6 Å². The van der Waals surface area contributed by atoms with Crippen LogP contribution in [0.3, 0.4) is 0 Å². The minimum absolute atomic E-state index is 0.0521. The van der Waals surface area contributed by atoms with Gasteiger partial charge in [-0.2, -0.15) is 0 Å². The number of carbonyl (C=O) groups is 1. The average molecular weight is 206 g/mol. The molecule has 0 saturated carbocycles. The van der Waals surface area contributed by atoms with Crippen LogP contribution in [0.4, 0.5) is 5.69 Å². The lowest BCUT2D eigenvalue weighted by molar-refractivity contribution is -0.117. The van der Waals surface area contributed by atoms with Crippen molar-refractivity contribution < 1.29 is 9.53 Å². The Labute approximate surface area is 88.6 Å². The van der Waals surface area contributed by atoms with Crippen LogP contribution in [0.15, 0.2) is 24.3 Å².